The second-order valence-electron chi connectivity index (χ2n) is 5.00. The molecule has 0 spiro atoms. The van der Waals surface area contributed by atoms with Crippen molar-refractivity contribution in [3.05, 3.63) is 58.7 Å². The van der Waals surface area contributed by atoms with Crippen LogP contribution in [0.2, 0.25) is 0 Å². The number of phenolic OH excluding ortho intramolecular Hbond substituents is 1. The molecule has 0 saturated carbocycles. The van der Waals surface area contributed by atoms with Gasteiger partial charge in [-0.3, -0.25) is 4.79 Å². The lowest BCUT2D eigenvalue weighted by atomic mass is 10.1. The average molecular weight is 309 g/mol. The summed E-state index contributed by atoms with van der Waals surface area (Å²) in [7, 11) is 0. The normalized spacial score (nSPS) is 11.3. The van der Waals surface area contributed by atoms with Gasteiger partial charge >= 0.3 is 6.18 Å². The van der Waals surface area contributed by atoms with Gasteiger partial charge in [0.25, 0.3) is 5.91 Å². The van der Waals surface area contributed by atoms with E-state index >= 15 is 0 Å². The molecule has 1 amide bonds. The molecule has 0 radical (unpaired) electrons. The first kappa shape index (κ1) is 15.9. The van der Waals surface area contributed by atoms with Crippen molar-refractivity contribution in [1.82, 2.24) is 0 Å². The van der Waals surface area contributed by atoms with Crippen LogP contribution in [0.4, 0.5) is 18.9 Å². The first-order valence-corrected chi connectivity index (χ1v) is 6.47. The summed E-state index contributed by atoms with van der Waals surface area (Å²) in [6.45, 7) is 3.65. The maximum atomic E-state index is 12.5. The van der Waals surface area contributed by atoms with Crippen molar-refractivity contribution < 1.29 is 23.1 Å². The largest absolute Gasteiger partial charge is 0.507 e. The van der Waals surface area contributed by atoms with Gasteiger partial charge in [0, 0.05) is 5.69 Å². The second-order valence-corrected chi connectivity index (χ2v) is 5.00. The van der Waals surface area contributed by atoms with Gasteiger partial charge in [-0.15, -0.1) is 0 Å². The number of aromatic hydroxyl groups is 1. The standard InChI is InChI=1S/C16H14F3NO2/c1-9-3-4-10(2)13(7-9)20-15(22)12-6-5-11(8-14(12)21)16(17,18)19/h3-8,21H,1-2H3,(H,20,22). The van der Waals surface area contributed by atoms with Crippen LogP contribution in [0.3, 0.4) is 0 Å². The third-order valence-corrected chi connectivity index (χ3v) is 3.21. The van der Waals surface area contributed by atoms with Crippen LogP contribution in [0.25, 0.3) is 0 Å². The first-order valence-electron chi connectivity index (χ1n) is 6.47. The van der Waals surface area contributed by atoms with Crippen molar-refractivity contribution in [3.8, 4) is 5.75 Å². The quantitative estimate of drug-likeness (QED) is 0.870. The summed E-state index contributed by atoms with van der Waals surface area (Å²) in [6.07, 6.45) is -4.57. The number of amides is 1. The molecule has 2 aromatic rings. The van der Waals surface area contributed by atoms with E-state index in [0.717, 1.165) is 23.3 Å². The molecule has 0 unspecified atom stereocenters. The van der Waals surface area contributed by atoms with Gasteiger partial charge in [-0.2, -0.15) is 13.2 Å². The van der Waals surface area contributed by atoms with Crippen molar-refractivity contribution in [2.24, 2.45) is 0 Å². The van der Waals surface area contributed by atoms with E-state index in [-0.39, 0.29) is 5.56 Å². The number of anilines is 1. The summed E-state index contributed by atoms with van der Waals surface area (Å²) in [6, 6.07) is 7.70. The highest BCUT2D eigenvalue weighted by atomic mass is 19.4. The molecule has 0 heterocycles. The Balaban J connectivity index is 2.29. The maximum absolute atomic E-state index is 12.5. The van der Waals surface area contributed by atoms with Gasteiger partial charge in [0.2, 0.25) is 0 Å². The number of nitrogens with one attached hydrogen (secondary N) is 1. The molecule has 2 rings (SSSR count). The van der Waals surface area contributed by atoms with E-state index in [2.05, 4.69) is 5.32 Å². The molecule has 116 valence electrons. The fraction of sp³-hybridized carbons (Fsp3) is 0.188. The predicted molar refractivity (Wildman–Crippen MR) is 77.0 cm³/mol. The Morgan fingerprint density at radius 3 is 2.36 bits per heavy atom. The molecule has 2 aromatic carbocycles. The second kappa shape index (κ2) is 5.71. The van der Waals surface area contributed by atoms with E-state index in [1.54, 1.807) is 13.0 Å². The Morgan fingerprint density at radius 2 is 1.77 bits per heavy atom. The van der Waals surface area contributed by atoms with E-state index in [9.17, 15) is 23.1 Å². The molecule has 0 bridgehead atoms. The number of phenols is 1. The molecule has 0 saturated heterocycles. The van der Waals surface area contributed by atoms with Crippen LogP contribution < -0.4 is 5.32 Å². The minimum absolute atomic E-state index is 0.214. The zero-order valence-corrected chi connectivity index (χ0v) is 12.0. The van der Waals surface area contributed by atoms with Crippen LogP contribution in [0, 0.1) is 13.8 Å². The first-order chi connectivity index (χ1) is 10.2. The Morgan fingerprint density at radius 1 is 1.09 bits per heavy atom. The monoisotopic (exact) mass is 309 g/mol. The SMILES string of the molecule is Cc1ccc(C)c(NC(=O)c2ccc(C(F)(F)F)cc2O)c1. The molecule has 0 aromatic heterocycles. The number of rotatable bonds is 2. The van der Waals surface area contributed by atoms with Crippen LogP contribution in [-0.4, -0.2) is 11.0 Å². The fourth-order valence-corrected chi connectivity index (χ4v) is 1.96. The van der Waals surface area contributed by atoms with Crippen molar-refractivity contribution in [2.75, 3.05) is 5.32 Å². The molecule has 2 N–H and O–H groups in total. The molecule has 0 atom stereocenters. The number of aryl methyl sites for hydroxylation is 2. The summed E-state index contributed by atoms with van der Waals surface area (Å²) >= 11 is 0. The molecule has 6 heteroatoms. The lowest BCUT2D eigenvalue weighted by molar-refractivity contribution is -0.137. The summed E-state index contributed by atoms with van der Waals surface area (Å²) < 4.78 is 37.6. The van der Waals surface area contributed by atoms with Gasteiger partial charge in [0.15, 0.2) is 0 Å². The van der Waals surface area contributed by atoms with Crippen molar-refractivity contribution in [1.29, 1.82) is 0 Å². The lowest BCUT2D eigenvalue weighted by Crippen LogP contribution is -2.14. The van der Waals surface area contributed by atoms with Crippen LogP contribution >= 0.6 is 0 Å². The van der Waals surface area contributed by atoms with E-state index in [1.807, 2.05) is 19.1 Å². The molecule has 0 fully saturated rings. The van der Waals surface area contributed by atoms with Gasteiger partial charge in [-0.05, 0) is 49.2 Å². The highest BCUT2D eigenvalue weighted by molar-refractivity contribution is 6.06. The van der Waals surface area contributed by atoms with Gasteiger partial charge < -0.3 is 10.4 Å². The summed E-state index contributed by atoms with van der Waals surface area (Å²) in [4.78, 5) is 12.1. The highest BCUT2D eigenvalue weighted by Gasteiger charge is 2.31. The Bertz CT molecular complexity index is 724. The number of benzene rings is 2. The maximum Gasteiger partial charge on any atom is 0.416 e. The number of hydrogen-bond acceptors (Lipinski definition) is 2. The zero-order chi connectivity index (χ0) is 16.5. The van der Waals surface area contributed by atoms with E-state index in [1.165, 1.54) is 0 Å². The van der Waals surface area contributed by atoms with Gasteiger partial charge in [0.05, 0.1) is 11.1 Å². The van der Waals surface area contributed by atoms with E-state index in [0.29, 0.717) is 11.8 Å². The zero-order valence-electron chi connectivity index (χ0n) is 12.0. The van der Waals surface area contributed by atoms with E-state index < -0.39 is 23.4 Å². The third-order valence-electron chi connectivity index (χ3n) is 3.21. The number of carbonyl (C=O) groups excluding carboxylic acids is 1. The number of halogens is 3. The summed E-state index contributed by atoms with van der Waals surface area (Å²) in [5.41, 5.74) is 1.06. The van der Waals surface area contributed by atoms with Crippen LogP contribution in [0.15, 0.2) is 36.4 Å². The Labute approximate surface area is 125 Å². The number of hydrogen-bond donors (Lipinski definition) is 2. The number of alkyl halides is 3. The minimum Gasteiger partial charge on any atom is -0.507 e. The average Bonchev–Trinajstić information content (AvgIpc) is 2.41. The minimum atomic E-state index is -4.57. The molecule has 0 aliphatic carbocycles. The van der Waals surface area contributed by atoms with Gasteiger partial charge in [-0.1, -0.05) is 12.1 Å². The number of carbonyl (C=O) groups is 1. The predicted octanol–water partition coefficient (Wildman–Crippen LogP) is 4.28. The van der Waals surface area contributed by atoms with Crippen LogP contribution in [-0.2, 0) is 6.18 Å². The van der Waals surface area contributed by atoms with E-state index in [4.69, 9.17) is 0 Å². The Kier molecular flexibility index (Phi) is 4.12. The molecule has 0 aliphatic rings. The molecule has 0 aliphatic heterocycles. The smallest absolute Gasteiger partial charge is 0.416 e. The summed E-state index contributed by atoms with van der Waals surface area (Å²) in [5, 5.41) is 12.3. The van der Waals surface area contributed by atoms with Gasteiger partial charge in [0.1, 0.15) is 5.75 Å². The highest BCUT2D eigenvalue weighted by Crippen LogP contribution is 2.33. The molecular formula is C16H14F3NO2. The van der Waals surface area contributed by atoms with Crippen LogP contribution in [0.5, 0.6) is 5.75 Å². The molecular weight excluding hydrogens is 295 g/mol. The lowest BCUT2D eigenvalue weighted by Gasteiger charge is -2.12. The summed E-state index contributed by atoms with van der Waals surface area (Å²) in [5.74, 6) is -1.38. The molecule has 3 nitrogen and oxygen atoms in total. The third kappa shape index (κ3) is 3.39. The van der Waals surface area contributed by atoms with Crippen molar-refractivity contribution in [2.45, 2.75) is 20.0 Å². The molecule has 22 heavy (non-hydrogen) atoms. The Hall–Kier alpha value is -2.50. The topological polar surface area (TPSA) is 49.3 Å². The van der Waals surface area contributed by atoms with Crippen LogP contribution in [0.1, 0.15) is 27.0 Å². The van der Waals surface area contributed by atoms with Crippen molar-refractivity contribution >= 4 is 11.6 Å². The van der Waals surface area contributed by atoms with Crippen molar-refractivity contribution in [3.63, 3.8) is 0 Å². The van der Waals surface area contributed by atoms with Gasteiger partial charge in [-0.25, -0.2) is 0 Å². The fourth-order valence-electron chi connectivity index (χ4n) is 1.96.